The maximum absolute atomic E-state index is 5.06. The number of allylic oxidation sites excluding steroid dienone is 1. The third-order valence-corrected chi connectivity index (χ3v) is 2.17. The van der Waals surface area contributed by atoms with Gasteiger partial charge in [-0.3, -0.25) is 0 Å². The molecule has 0 aromatic carbocycles. The van der Waals surface area contributed by atoms with E-state index >= 15 is 0 Å². The van der Waals surface area contributed by atoms with Gasteiger partial charge in [0.2, 0.25) is 0 Å². The zero-order valence-electron chi connectivity index (χ0n) is 6.76. The van der Waals surface area contributed by atoms with Crippen molar-refractivity contribution in [1.29, 1.82) is 0 Å². The molecule has 1 fully saturated rings. The van der Waals surface area contributed by atoms with E-state index in [-0.39, 0.29) is 0 Å². The van der Waals surface area contributed by atoms with Gasteiger partial charge in [0, 0.05) is 19.9 Å². The van der Waals surface area contributed by atoms with Gasteiger partial charge in [0.1, 0.15) is 0 Å². The zero-order chi connectivity index (χ0) is 7.56. The molecule has 0 radical (unpaired) electrons. The SMILES string of the molecule is C=C1CC[C@@H](COC)N1C. The van der Waals surface area contributed by atoms with Gasteiger partial charge in [-0.25, -0.2) is 0 Å². The topological polar surface area (TPSA) is 12.5 Å². The highest BCUT2D eigenvalue weighted by Crippen LogP contribution is 2.23. The summed E-state index contributed by atoms with van der Waals surface area (Å²) < 4.78 is 5.06. The lowest BCUT2D eigenvalue weighted by Crippen LogP contribution is -2.27. The molecule has 0 amide bonds. The van der Waals surface area contributed by atoms with Gasteiger partial charge in [0.05, 0.1) is 12.6 Å². The Balaban J connectivity index is 2.41. The molecule has 0 spiro atoms. The van der Waals surface area contributed by atoms with E-state index < -0.39 is 0 Å². The molecule has 0 N–H and O–H groups in total. The second kappa shape index (κ2) is 3.06. The van der Waals surface area contributed by atoms with Gasteiger partial charge < -0.3 is 9.64 Å². The van der Waals surface area contributed by atoms with Gasteiger partial charge in [-0.2, -0.15) is 0 Å². The Bertz CT molecular complexity index is 133. The third-order valence-electron chi connectivity index (χ3n) is 2.17. The van der Waals surface area contributed by atoms with Crippen molar-refractivity contribution in [3.05, 3.63) is 12.3 Å². The highest BCUT2D eigenvalue weighted by molar-refractivity contribution is 5.02. The van der Waals surface area contributed by atoms with E-state index in [0.29, 0.717) is 6.04 Å². The molecule has 1 atom stereocenters. The Hall–Kier alpha value is -0.500. The summed E-state index contributed by atoms with van der Waals surface area (Å²) in [5.74, 6) is 0. The lowest BCUT2D eigenvalue weighted by molar-refractivity contribution is 0.137. The molecule has 1 heterocycles. The summed E-state index contributed by atoms with van der Waals surface area (Å²) in [7, 11) is 3.83. The van der Waals surface area contributed by atoms with Crippen molar-refractivity contribution < 1.29 is 4.74 Å². The van der Waals surface area contributed by atoms with Crippen LogP contribution >= 0.6 is 0 Å². The van der Waals surface area contributed by atoms with Crippen molar-refractivity contribution in [1.82, 2.24) is 4.90 Å². The van der Waals surface area contributed by atoms with Crippen LogP contribution in [0, 0.1) is 0 Å². The number of rotatable bonds is 2. The van der Waals surface area contributed by atoms with Gasteiger partial charge >= 0.3 is 0 Å². The number of likely N-dealkylation sites (tertiary alicyclic amines) is 1. The highest BCUT2D eigenvalue weighted by atomic mass is 16.5. The Morgan fingerprint density at radius 3 is 2.90 bits per heavy atom. The van der Waals surface area contributed by atoms with Crippen LogP contribution in [0.25, 0.3) is 0 Å². The summed E-state index contributed by atoms with van der Waals surface area (Å²) in [6, 6.07) is 0.567. The molecule has 1 aliphatic heterocycles. The van der Waals surface area contributed by atoms with Gasteiger partial charge in [0.25, 0.3) is 0 Å². The minimum atomic E-state index is 0.567. The van der Waals surface area contributed by atoms with Gasteiger partial charge in [0.15, 0.2) is 0 Å². The molecule has 0 saturated carbocycles. The summed E-state index contributed by atoms with van der Waals surface area (Å²) in [5, 5.41) is 0. The van der Waals surface area contributed by atoms with E-state index in [1.165, 1.54) is 12.1 Å². The van der Waals surface area contributed by atoms with Crippen LogP contribution in [0.2, 0.25) is 0 Å². The molecule has 2 nitrogen and oxygen atoms in total. The predicted octanol–water partition coefficient (Wildman–Crippen LogP) is 1.24. The van der Waals surface area contributed by atoms with Gasteiger partial charge in [-0.05, 0) is 12.8 Å². The van der Waals surface area contributed by atoms with E-state index in [1.807, 2.05) is 0 Å². The second-order valence-corrected chi connectivity index (χ2v) is 2.82. The van der Waals surface area contributed by atoms with Crippen LogP contribution in [0.15, 0.2) is 12.3 Å². The normalized spacial score (nSPS) is 26.0. The van der Waals surface area contributed by atoms with E-state index in [4.69, 9.17) is 4.74 Å². The first-order valence-corrected chi connectivity index (χ1v) is 3.65. The Morgan fingerprint density at radius 1 is 1.80 bits per heavy atom. The molecule has 1 aliphatic rings. The summed E-state index contributed by atoms with van der Waals surface area (Å²) >= 11 is 0. The average molecular weight is 141 g/mol. The van der Waals surface area contributed by atoms with Crippen molar-refractivity contribution in [2.24, 2.45) is 0 Å². The van der Waals surface area contributed by atoms with Crippen LogP contribution in [-0.2, 0) is 4.74 Å². The predicted molar refractivity (Wildman–Crippen MR) is 41.8 cm³/mol. The minimum Gasteiger partial charge on any atom is -0.383 e. The van der Waals surface area contributed by atoms with E-state index in [0.717, 1.165) is 13.0 Å². The van der Waals surface area contributed by atoms with Crippen LogP contribution in [0.4, 0.5) is 0 Å². The van der Waals surface area contributed by atoms with Crippen LogP contribution in [0.5, 0.6) is 0 Å². The first-order valence-electron chi connectivity index (χ1n) is 3.65. The molecule has 58 valence electrons. The Labute approximate surface area is 62.5 Å². The van der Waals surface area contributed by atoms with E-state index in [1.54, 1.807) is 7.11 Å². The molecule has 2 heteroatoms. The van der Waals surface area contributed by atoms with Crippen molar-refractivity contribution in [2.75, 3.05) is 20.8 Å². The molecule has 10 heavy (non-hydrogen) atoms. The second-order valence-electron chi connectivity index (χ2n) is 2.82. The highest BCUT2D eigenvalue weighted by Gasteiger charge is 2.22. The maximum Gasteiger partial charge on any atom is 0.0666 e. The number of likely N-dealkylation sites (N-methyl/N-ethyl adjacent to an activating group) is 1. The molecule has 0 unspecified atom stereocenters. The molecule has 1 saturated heterocycles. The summed E-state index contributed by atoms with van der Waals surface area (Å²) in [4.78, 5) is 2.21. The van der Waals surface area contributed by atoms with Crippen molar-refractivity contribution >= 4 is 0 Å². The fourth-order valence-electron chi connectivity index (χ4n) is 1.35. The number of methoxy groups -OCH3 is 1. The van der Waals surface area contributed by atoms with Crippen LogP contribution in [0.3, 0.4) is 0 Å². The van der Waals surface area contributed by atoms with E-state index in [9.17, 15) is 0 Å². The quantitative estimate of drug-likeness (QED) is 0.573. The fraction of sp³-hybridized carbons (Fsp3) is 0.750. The number of ether oxygens (including phenoxy) is 1. The number of hydrogen-bond donors (Lipinski definition) is 0. The Kier molecular flexibility index (Phi) is 2.33. The largest absolute Gasteiger partial charge is 0.383 e. The van der Waals surface area contributed by atoms with Crippen molar-refractivity contribution in [3.8, 4) is 0 Å². The zero-order valence-corrected chi connectivity index (χ0v) is 6.76. The van der Waals surface area contributed by atoms with Crippen LogP contribution in [0.1, 0.15) is 12.8 Å². The van der Waals surface area contributed by atoms with Crippen molar-refractivity contribution in [2.45, 2.75) is 18.9 Å². The first kappa shape index (κ1) is 7.61. The molecule has 0 aromatic rings. The molecular formula is C8H15NO. The monoisotopic (exact) mass is 141 g/mol. The smallest absolute Gasteiger partial charge is 0.0666 e. The lowest BCUT2D eigenvalue weighted by Gasteiger charge is -2.21. The molecule has 0 aliphatic carbocycles. The summed E-state index contributed by atoms with van der Waals surface area (Å²) in [6.45, 7) is 4.77. The van der Waals surface area contributed by atoms with Crippen LogP contribution in [-0.4, -0.2) is 31.7 Å². The third kappa shape index (κ3) is 1.32. The molecule has 1 rings (SSSR count). The van der Waals surface area contributed by atoms with E-state index in [2.05, 4.69) is 18.5 Å². The van der Waals surface area contributed by atoms with Crippen LogP contribution < -0.4 is 0 Å². The molecular weight excluding hydrogens is 126 g/mol. The summed E-state index contributed by atoms with van der Waals surface area (Å²) in [6.07, 6.45) is 2.33. The Morgan fingerprint density at radius 2 is 2.50 bits per heavy atom. The number of nitrogens with zero attached hydrogens (tertiary/aromatic N) is 1. The van der Waals surface area contributed by atoms with Crippen molar-refractivity contribution in [3.63, 3.8) is 0 Å². The summed E-state index contributed by atoms with van der Waals surface area (Å²) in [5.41, 5.74) is 1.24. The number of hydrogen-bond acceptors (Lipinski definition) is 2. The molecule has 0 aromatic heterocycles. The first-order chi connectivity index (χ1) is 4.75. The van der Waals surface area contributed by atoms with Gasteiger partial charge in [-0.15, -0.1) is 0 Å². The molecule has 0 bridgehead atoms. The average Bonchev–Trinajstić information content (AvgIpc) is 2.20. The maximum atomic E-state index is 5.06. The van der Waals surface area contributed by atoms with Gasteiger partial charge in [-0.1, -0.05) is 6.58 Å². The fourth-order valence-corrected chi connectivity index (χ4v) is 1.35. The lowest BCUT2D eigenvalue weighted by atomic mass is 10.2. The standard InChI is InChI=1S/C8H15NO/c1-7-4-5-8(6-10-3)9(7)2/h8H,1,4-6H2,2-3H3/t8-/m0/s1. The minimum absolute atomic E-state index is 0.567.